The molecule has 0 saturated carbocycles. The molecule has 0 radical (unpaired) electrons. The largest absolute Gasteiger partial charge is 0.372 e. The number of anilines is 1. The predicted molar refractivity (Wildman–Crippen MR) is 86.1 cm³/mol. The van der Waals surface area contributed by atoms with Crippen LogP contribution in [0.25, 0.3) is 0 Å². The fraction of sp³-hybridized carbons (Fsp3) is 0.562. The maximum absolute atomic E-state index is 11.4. The van der Waals surface area contributed by atoms with Gasteiger partial charge in [-0.15, -0.1) is 0 Å². The number of carbonyl (C=O) groups excluding carboxylic acids is 1. The third kappa shape index (κ3) is 4.34. The normalized spacial score (nSPS) is 10.8. The molecular formula is C16H24BrNO. The second-order valence-corrected chi connectivity index (χ2v) is 5.80. The topological polar surface area (TPSA) is 20.3 Å². The number of nitrogens with zero attached hydrogens (tertiary/aromatic N) is 1. The standard InChI is InChI=1S/C16H24BrNO/c1-5-13(6-2)11-18(7-3)14-8-9-15(12(4)19)16(17)10-14/h8-10,13H,5-7,11H2,1-4H3. The Kier molecular flexibility index (Phi) is 6.56. The summed E-state index contributed by atoms with van der Waals surface area (Å²) in [6, 6.07) is 6.02. The molecular weight excluding hydrogens is 302 g/mol. The minimum atomic E-state index is 0.0986. The van der Waals surface area contributed by atoms with Gasteiger partial charge in [-0.1, -0.05) is 26.7 Å². The van der Waals surface area contributed by atoms with E-state index in [4.69, 9.17) is 0 Å². The van der Waals surface area contributed by atoms with Crippen LogP contribution in [-0.2, 0) is 0 Å². The van der Waals surface area contributed by atoms with E-state index in [9.17, 15) is 4.79 Å². The van der Waals surface area contributed by atoms with Crippen LogP contribution in [0.15, 0.2) is 22.7 Å². The molecule has 0 amide bonds. The molecule has 19 heavy (non-hydrogen) atoms. The highest BCUT2D eigenvalue weighted by atomic mass is 79.9. The molecule has 0 heterocycles. The van der Waals surface area contributed by atoms with Crippen molar-refractivity contribution >= 4 is 27.4 Å². The Morgan fingerprint density at radius 2 is 1.89 bits per heavy atom. The smallest absolute Gasteiger partial charge is 0.160 e. The van der Waals surface area contributed by atoms with Gasteiger partial charge in [0.05, 0.1) is 0 Å². The summed E-state index contributed by atoms with van der Waals surface area (Å²) in [7, 11) is 0. The predicted octanol–water partition coefficient (Wildman–Crippen LogP) is 4.91. The van der Waals surface area contributed by atoms with Crippen LogP contribution in [-0.4, -0.2) is 18.9 Å². The van der Waals surface area contributed by atoms with E-state index < -0.39 is 0 Å². The number of carbonyl (C=O) groups is 1. The number of benzene rings is 1. The van der Waals surface area contributed by atoms with Gasteiger partial charge in [-0.25, -0.2) is 0 Å². The Morgan fingerprint density at radius 3 is 2.32 bits per heavy atom. The molecule has 0 saturated heterocycles. The molecule has 0 aliphatic rings. The summed E-state index contributed by atoms with van der Waals surface area (Å²) in [5, 5.41) is 0. The molecule has 0 aromatic heterocycles. The van der Waals surface area contributed by atoms with E-state index in [-0.39, 0.29) is 5.78 Å². The third-order valence-corrected chi connectivity index (χ3v) is 4.37. The number of hydrogen-bond acceptors (Lipinski definition) is 2. The fourth-order valence-corrected chi connectivity index (χ4v) is 2.91. The maximum Gasteiger partial charge on any atom is 0.160 e. The van der Waals surface area contributed by atoms with Gasteiger partial charge in [-0.3, -0.25) is 4.79 Å². The van der Waals surface area contributed by atoms with Crippen molar-refractivity contribution in [2.45, 2.75) is 40.5 Å². The first-order chi connectivity index (χ1) is 9.03. The minimum absolute atomic E-state index is 0.0986. The van der Waals surface area contributed by atoms with Crippen LogP contribution in [0.5, 0.6) is 0 Å². The zero-order chi connectivity index (χ0) is 14.4. The molecule has 106 valence electrons. The Bertz CT molecular complexity index is 427. The highest BCUT2D eigenvalue weighted by molar-refractivity contribution is 9.10. The van der Waals surface area contributed by atoms with Gasteiger partial charge in [0.1, 0.15) is 0 Å². The van der Waals surface area contributed by atoms with Crippen molar-refractivity contribution in [3.8, 4) is 0 Å². The highest BCUT2D eigenvalue weighted by Crippen LogP contribution is 2.26. The van der Waals surface area contributed by atoms with Crippen molar-refractivity contribution in [2.75, 3.05) is 18.0 Å². The highest BCUT2D eigenvalue weighted by Gasteiger charge is 2.13. The molecule has 0 bridgehead atoms. The van der Waals surface area contributed by atoms with E-state index in [1.165, 1.54) is 18.5 Å². The lowest BCUT2D eigenvalue weighted by Crippen LogP contribution is -2.29. The minimum Gasteiger partial charge on any atom is -0.372 e. The Hall–Kier alpha value is -0.830. The van der Waals surface area contributed by atoms with E-state index in [2.05, 4.69) is 47.7 Å². The van der Waals surface area contributed by atoms with Crippen molar-refractivity contribution in [3.63, 3.8) is 0 Å². The number of halogens is 1. The average Bonchev–Trinajstić information content (AvgIpc) is 2.39. The molecule has 3 heteroatoms. The van der Waals surface area contributed by atoms with Gasteiger partial charge in [0.15, 0.2) is 5.78 Å². The first kappa shape index (κ1) is 16.2. The summed E-state index contributed by atoms with van der Waals surface area (Å²) in [4.78, 5) is 13.8. The maximum atomic E-state index is 11.4. The van der Waals surface area contributed by atoms with Crippen molar-refractivity contribution in [1.29, 1.82) is 0 Å². The summed E-state index contributed by atoms with van der Waals surface area (Å²) in [6.07, 6.45) is 2.42. The Labute approximate surface area is 125 Å². The van der Waals surface area contributed by atoms with Gasteiger partial charge < -0.3 is 4.90 Å². The lowest BCUT2D eigenvalue weighted by Gasteiger charge is -2.27. The van der Waals surface area contributed by atoms with Crippen LogP contribution in [0, 0.1) is 5.92 Å². The molecule has 2 nitrogen and oxygen atoms in total. The van der Waals surface area contributed by atoms with Gasteiger partial charge in [0.2, 0.25) is 0 Å². The molecule has 1 aromatic carbocycles. The number of ketones is 1. The molecule has 1 rings (SSSR count). The second-order valence-electron chi connectivity index (χ2n) is 4.94. The van der Waals surface area contributed by atoms with Gasteiger partial charge in [-0.05, 0) is 53.9 Å². The van der Waals surface area contributed by atoms with Crippen molar-refractivity contribution in [2.24, 2.45) is 5.92 Å². The lowest BCUT2D eigenvalue weighted by atomic mass is 10.0. The number of Topliss-reactive ketones (excluding diaryl/α,β-unsaturated/α-hetero) is 1. The van der Waals surface area contributed by atoms with Crippen molar-refractivity contribution in [1.82, 2.24) is 0 Å². The third-order valence-electron chi connectivity index (χ3n) is 3.71. The molecule has 0 aliphatic carbocycles. The summed E-state index contributed by atoms with van der Waals surface area (Å²) in [5.41, 5.74) is 1.94. The molecule has 0 unspecified atom stereocenters. The number of hydrogen-bond donors (Lipinski definition) is 0. The lowest BCUT2D eigenvalue weighted by molar-refractivity contribution is 0.101. The first-order valence-corrected chi connectivity index (χ1v) is 7.88. The van der Waals surface area contributed by atoms with Crippen LogP contribution >= 0.6 is 15.9 Å². The second kappa shape index (κ2) is 7.68. The fourth-order valence-electron chi connectivity index (χ4n) is 2.26. The molecule has 0 spiro atoms. The molecule has 0 atom stereocenters. The van der Waals surface area contributed by atoms with E-state index in [0.29, 0.717) is 0 Å². The Balaban J connectivity index is 2.93. The van der Waals surface area contributed by atoms with Crippen LogP contribution in [0.2, 0.25) is 0 Å². The number of rotatable bonds is 7. The van der Waals surface area contributed by atoms with Crippen molar-refractivity contribution < 1.29 is 4.79 Å². The SMILES string of the molecule is CCC(CC)CN(CC)c1ccc(C(C)=O)c(Br)c1. The summed E-state index contributed by atoms with van der Waals surface area (Å²) in [5.74, 6) is 0.827. The zero-order valence-electron chi connectivity index (χ0n) is 12.4. The van der Waals surface area contributed by atoms with Crippen LogP contribution < -0.4 is 4.90 Å². The van der Waals surface area contributed by atoms with Gasteiger partial charge in [0.25, 0.3) is 0 Å². The summed E-state index contributed by atoms with van der Waals surface area (Å²) in [6.45, 7) is 10.3. The average molecular weight is 326 g/mol. The van der Waals surface area contributed by atoms with Gasteiger partial charge in [-0.2, -0.15) is 0 Å². The van der Waals surface area contributed by atoms with E-state index in [1.54, 1.807) is 6.92 Å². The van der Waals surface area contributed by atoms with E-state index >= 15 is 0 Å². The Morgan fingerprint density at radius 1 is 1.26 bits per heavy atom. The van der Waals surface area contributed by atoms with Crippen LogP contribution in [0.3, 0.4) is 0 Å². The van der Waals surface area contributed by atoms with E-state index in [0.717, 1.165) is 29.0 Å². The molecule has 0 N–H and O–H groups in total. The quantitative estimate of drug-likeness (QED) is 0.663. The summed E-state index contributed by atoms with van der Waals surface area (Å²) < 4.78 is 0.889. The van der Waals surface area contributed by atoms with Crippen molar-refractivity contribution in [3.05, 3.63) is 28.2 Å². The van der Waals surface area contributed by atoms with Gasteiger partial charge >= 0.3 is 0 Å². The van der Waals surface area contributed by atoms with Gasteiger partial charge in [0, 0.05) is 28.8 Å². The molecule has 0 fully saturated rings. The molecule has 0 aliphatic heterocycles. The van der Waals surface area contributed by atoms with Crippen LogP contribution in [0.4, 0.5) is 5.69 Å². The zero-order valence-corrected chi connectivity index (χ0v) is 14.0. The van der Waals surface area contributed by atoms with Crippen LogP contribution in [0.1, 0.15) is 50.9 Å². The molecule has 1 aromatic rings. The first-order valence-electron chi connectivity index (χ1n) is 7.08. The van der Waals surface area contributed by atoms with E-state index in [1.807, 2.05) is 12.1 Å². The summed E-state index contributed by atoms with van der Waals surface area (Å²) >= 11 is 3.50. The monoisotopic (exact) mass is 325 g/mol.